The molecule has 2 aliphatic heterocycles. The van der Waals surface area contributed by atoms with Gasteiger partial charge in [0.05, 0.1) is 0 Å². The number of aromatic nitrogens is 8. The minimum absolute atomic E-state index is 0.596. The van der Waals surface area contributed by atoms with Gasteiger partial charge in [-0.25, -0.2) is 15.0 Å². The highest BCUT2D eigenvalue weighted by Gasteiger charge is 2.23. The molecule has 8 bridgehead atoms. The van der Waals surface area contributed by atoms with E-state index in [1.54, 1.807) is 4.57 Å². The van der Waals surface area contributed by atoms with E-state index < -0.39 is 0 Å². The second kappa shape index (κ2) is 8.06. The van der Waals surface area contributed by atoms with Gasteiger partial charge >= 0.3 is 0 Å². The van der Waals surface area contributed by atoms with Crippen molar-refractivity contribution in [1.82, 2.24) is 34.9 Å². The predicted molar refractivity (Wildman–Crippen MR) is 159 cm³/mol. The molecule has 0 fully saturated rings. The molecule has 3 aromatic heterocycles. The van der Waals surface area contributed by atoms with Crippen molar-refractivity contribution in [2.75, 3.05) is 0 Å². The quantitative estimate of drug-likeness (QED) is 0.175. The zero-order valence-corrected chi connectivity index (χ0v) is 21.6. The Bertz CT molecular complexity index is 2240. The third-order valence-electron chi connectivity index (χ3n) is 7.76. The minimum atomic E-state index is 0.596. The maximum Gasteiger partial charge on any atom is 0.202 e. The summed E-state index contributed by atoms with van der Waals surface area (Å²) in [7, 11) is 4.38. The smallest absolute Gasteiger partial charge is 0.202 e. The van der Waals surface area contributed by atoms with Crippen molar-refractivity contribution in [3.8, 4) is 45.6 Å². The molecule has 8 heteroatoms. The summed E-state index contributed by atoms with van der Waals surface area (Å²) in [5.74, 6) is 2.59. The Morgan fingerprint density at radius 3 is 1.17 bits per heavy atom. The zero-order chi connectivity index (χ0) is 27.1. The largest absolute Gasteiger partial charge is 0.366 e. The Morgan fingerprint density at radius 2 is 0.756 bits per heavy atom. The molecule has 0 amide bonds. The van der Waals surface area contributed by atoms with Crippen LogP contribution in [0.25, 0.3) is 89.7 Å². The molecular weight excluding hydrogens is 508 g/mol. The second-order valence-electron chi connectivity index (χ2n) is 10.1. The SMILES string of the molecule is [CH2-][n+]1c2nc3[nH]c(nc4nc(nc5[nH]c(nc1-c1ccccc1-2)c1ccccc51)-c1ccccc1-4)c1ccccc31. The number of hydrogen-bond acceptors (Lipinski definition) is 5. The number of benzene rings is 4. The number of fused-ring (bicyclic) bond motifs is 20. The third kappa shape index (κ3) is 3.12. The lowest BCUT2D eigenvalue weighted by Crippen LogP contribution is -2.28. The van der Waals surface area contributed by atoms with Crippen molar-refractivity contribution in [2.24, 2.45) is 0 Å². The van der Waals surface area contributed by atoms with E-state index in [9.17, 15) is 0 Å². The summed E-state index contributed by atoms with van der Waals surface area (Å²) >= 11 is 0. The molecule has 7 aromatic rings. The number of nitrogens with zero attached hydrogens (tertiary/aromatic N) is 6. The maximum absolute atomic E-state index is 5.13. The lowest BCUT2D eigenvalue weighted by atomic mass is 10.1. The van der Waals surface area contributed by atoms with E-state index in [1.807, 2.05) is 97.1 Å². The van der Waals surface area contributed by atoms with Crippen molar-refractivity contribution in [3.63, 3.8) is 0 Å². The molecule has 192 valence electrons. The van der Waals surface area contributed by atoms with Gasteiger partial charge in [0.15, 0.2) is 23.3 Å². The van der Waals surface area contributed by atoms with Crippen molar-refractivity contribution in [1.29, 1.82) is 0 Å². The van der Waals surface area contributed by atoms with E-state index in [-0.39, 0.29) is 0 Å². The summed E-state index contributed by atoms with van der Waals surface area (Å²) in [6.07, 6.45) is 0. The van der Waals surface area contributed by atoms with E-state index in [4.69, 9.17) is 24.9 Å². The van der Waals surface area contributed by atoms with Crippen LogP contribution in [-0.4, -0.2) is 34.9 Å². The standard InChI is InChI=1S/C33H20N8/c1-41-32-24-16-8-9-17-25(24)33(41)40-31-23-15-7-5-13-21(23)29(38-31)36-27-19-11-3-2-10-18(19)26(34-27)35-28-20-12-4-6-14-22(20)30(37-28)39-32/h2-17H,1H2,(H2,34,35,36,37,38,39,40). The Balaban J connectivity index is 1.53. The fraction of sp³-hybridized carbons (Fsp3) is 0. The van der Waals surface area contributed by atoms with Crippen LogP contribution in [-0.2, 0) is 0 Å². The van der Waals surface area contributed by atoms with E-state index >= 15 is 0 Å². The highest BCUT2D eigenvalue weighted by molar-refractivity contribution is 6.06. The number of H-pyrrole nitrogens is 2. The average Bonchev–Trinajstić information content (AvgIpc) is 3.72. The molecule has 0 radical (unpaired) electrons. The first-order chi connectivity index (χ1) is 20.2. The lowest BCUT2D eigenvalue weighted by molar-refractivity contribution is -0.590. The number of rotatable bonds is 0. The molecule has 0 spiro atoms. The molecule has 2 N–H and O–H groups in total. The number of nitrogens with one attached hydrogen (secondary N) is 2. The molecule has 9 rings (SSSR count). The molecule has 8 nitrogen and oxygen atoms in total. The summed E-state index contributed by atoms with van der Waals surface area (Å²) in [6, 6.07) is 32.4. The van der Waals surface area contributed by atoms with Gasteiger partial charge in [-0.3, -0.25) is 0 Å². The molecule has 0 atom stereocenters. The highest BCUT2D eigenvalue weighted by Crippen LogP contribution is 2.36. The monoisotopic (exact) mass is 528 g/mol. The second-order valence-corrected chi connectivity index (χ2v) is 10.1. The molecule has 5 heterocycles. The first kappa shape index (κ1) is 22.0. The van der Waals surface area contributed by atoms with Gasteiger partial charge in [-0.05, 0) is 23.3 Å². The zero-order valence-electron chi connectivity index (χ0n) is 21.6. The maximum atomic E-state index is 5.13. The molecule has 0 saturated carbocycles. The van der Waals surface area contributed by atoms with E-state index in [0.29, 0.717) is 45.9 Å². The van der Waals surface area contributed by atoms with Crippen LogP contribution in [0.1, 0.15) is 0 Å². The Morgan fingerprint density at radius 1 is 0.415 bits per heavy atom. The topological polar surface area (TPSA) is 99.9 Å². The Hall–Kier alpha value is -5.89. The van der Waals surface area contributed by atoms with Gasteiger partial charge in [0.25, 0.3) is 0 Å². The molecular formula is C33H20N8. The molecule has 2 aliphatic rings. The first-order valence-corrected chi connectivity index (χ1v) is 13.3. The normalized spacial score (nSPS) is 12.0. The van der Waals surface area contributed by atoms with Crippen LogP contribution in [0.15, 0.2) is 97.1 Å². The fourth-order valence-corrected chi connectivity index (χ4v) is 5.83. The van der Waals surface area contributed by atoms with Crippen molar-refractivity contribution in [2.45, 2.75) is 0 Å². The molecule has 41 heavy (non-hydrogen) atoms. The minimum Gasteiger partial charge on any atom is -0.366 e. The first-order valence-electron chi connectivity index (χ1n) is 13.3. The highest BCUT2D eigenvalue weighted by atomic mass is 15.1. The average molecular weight is 529 g/mol. The van der Waals surface area contributed by atoms with Gasteiger partial charge < -0.3 is 14.5 Å². The Labute approximate surface area is 233 Å². The van der Waals surface area contributed by atoms with E-state index in [1.165, 1.54) is 0 Å². The van der Waals surface area contributed by atoms with Crippen LogP contribution in [0.5, 0.6) is 0 Å². The number of aromatic amines is 2. The van der Waals surface area contributed by atoms with E-state index in [2.05, 4.69) is 17.0 Å². The van der Waals surface area contributed by atoms with Gasteiger partial charge in [-0.2, -0.15) is 0 Å². The van der Waals surface area contributed by atoms with Gasteiger partial charge in [0.1, 0.15) is 11.3 Å². The molecule has 4 aromatic carbocycles. The van der Waals surface area contributed by atoms with Crippen LogP contribution >= 0.6 is 0 Å². The van der Waals surface area contributed by atoms with Crippen LogP contribution in [0.4, 0.5) is 0 Å². The summed E-state index contributed by atoms with van der Waals surface area (Å²) in [6.45, 7) is 0. The summed E-state index contributed by atoms with van der Waals surface area (Å²) in [5.41, 5.74) is 6.52. The molecule has 0 aliphatic carbocycles. The summed E-state index contributed by atoms with van der Waals surface area (Å²) in [5, 5.41) is 3.83. The Kier molecular flexibility index (Phi) is 4.32. The summed E-state index contributed by atoms with van der Waals surface area (Å²) in [4.78, 5) is 32.2. The summed E-state index contributed by atoms with van der Waals surface area (Å²) < 4.78 is 1.80. The van der Waals surface area contributed by atoms with Gasteiger partial charge in [0.2, 0.25) is 11.3 Å². The van der Waals surface area contributed by atoms with Crippen molar-refractivity contribution >= 4 is 44.1 Å². The van der Waals surface area contributed by atoms with Crippen LogP contribution in [0.3, 0.4) is 0 Å². The van der Waals surface area contributed by atoms with Crippen molar-refractivity contribution < 1.29 is 4.57 Å². The molecule has 0 unspecified atom stereocenters. The van der Waals surface area contributed by atoms with E-state index in [0.717, 1.165) is 43.8 Å². The van der Waals surface area contributed by atoms with Gasteiger partial charge in [-0.1, -0.05) is 92.0 Å². The van der Waals surface area contributed by atoms with Gasteiger partial charge in [0, 0.05) is 32.7 Å². The van der Waals surface area contributed by atoms with Crippen LogP contribution in [0.2, 0.25) is 0 Å². The fourth-order valence-electron chi connectivity index (χ4n) is 5.83. The van der Waals surface area contributed by atoms with Crippen LogP contribution in [0, 0.1) is 7.05 Å². The molecule has 0 saturated heterocycles. The lowest BCUT2D eigenvalue weighted by Gasteiger charge is -1.99. The number of hydrogen-bond donors (Lipinski definition) is 2. The van der Waals surface area contributed by atoms with Gasteiger partial charge in [-0.15, -0.1) is 9.97 Å². The van der Waals surface area contributed by atoms with Crippen molar-refractivity contribution in [3.05, 3.63) is 104 Å². The third-order valence-corrected chi connectivity index (χ3v) is 7.76. The predicted octanol–water partition coefficient (Wildman–Crippen LogP) is 6.40. The van der Waals surface area contributed by atoms with Crippen LogP contribution < -0.4 is 4.57 Å².